The van der Waals surface area contributed by atoms with Crippen molar-refractivity contribution in [1.82, 2.24) is 9.96 Å². The molecular weight excluding hydrogens is 326 g/mol. The highest BCUT2D eigenvalue weighted by atomic mass is 16.7. The van der Waals surface area contributed by atoms with E-state index in [0.717, 1.165) is 30.6 Å². The number of hydrogen-bond acceptors (Lipinski definition) is 3. The highest BCUT2D eigenvalue weighted by Gasteiger charge is 2.35. The van der Waals surface area contributed by atoms with Crippen LogP contribution in [0.3, 0.4) is 0 Å². The molecule has 1 unspecified atom stereocenters. The molecule has 1 heterocycles. The van der Waals surface area contributed by atoms with Crippen molar-refractivity contribution in [2.24, 2.45) is 0 Å². The van der Waals surface area contributed by atoms with Gasteiger partial charge in [-0.25, -0.2) is 4.79 Å². The SMILES string of the molecule is CON1C(=O)N(CCCN(C)C)c2ccccc2CC1c1ccccc1. The van der Waals surface area contributed by atoms with E-state index in [4.69, 9.17) is 4.84 Å². The Morgan fingerprint density at radius 1 is 1.08 bits per heavy atom. The largest absolute Gasteiger partial charge is 0.349 e. The van der Waals surface area contributed by atoms with Gasteiger partial charge in [0.25, 0.3) is 0 Å². The zero-order valence-electron chi connectivity index (χ0n) is 15.8. The van der Waals surface area contributed by atoms with Crippen molar-refractivity contribution in [3.63, 3.8) is 0 Å². The summed E-state index contributed by atoms with van der Waals surface area (Å²) in [6, 6.07) is 18.0. The molecule has 1 aliphatic rings. The Labute approximate surface area is 155 Å². The smallest absolute Gasteiger partial charge is 0.309 e. The molecule has 2 aromatic carbocycles. The quantitative estimate of drug-likeness (QED) is 0.794. The summed E-state index contributed by atoms with van der Waals surface area (Å²) >= 11 is 0. The maximum absolute atomic E-state index is 13.3. The van der Waals surface area contributed by atoms with Crippen LogP contribution in [-0.4, -0.2) is 50.3 Å². The molecule has 0 fully saturated rings. The lowest BCUT2D eigenvalue weighted by Crippen LogP contribution is -2.44. The fraction of sp³-hybridized carbons (Fsp3) is 0.381. The lowest BCUT2D eigenvalue weighted by Gasteiger charge is -2.31. The van der Waals surface area contributed by atoms with Crippen molar-refractivity contribution in [3.8, 4) is 0 Å². The van der Waals surface area contributed by atoms with E-state index in [2.05, 4.69) is 11.0 Å². The predicted octanol–water partition coefficient (Wildman–Crippen LogP) is 3.73. The maximum atomic E-state index is 13.3. The fourth-order valence-electron chi connectivity index (χ4n) is 3.49. The molecule has 0 aliphatic carbocycles. The van der Waals surface area contributed by atoms with Gasteiger partial charge in [0.05, 0.1) is 13.2 Å². The van der Waals surface area contributed by atoms with Gasteiger partial charge in [0.1, 0.15) is 0 Å². The second kappa shape index (κ2) is 8.34. The first kappa shape index (κ1) is 18.4. The number of benzene rings is 2. The van der Waals surface area contributed by atoms with Gasteiger partial charge in [-0.15, -0.1) is 0 Å². The Bertz CT molecular complexity index is 733. The lowest BCUT2D eigenvalue weighted by molar-refractivity contribution is -0.115. The molecule has 0 saturated heterocycles. The van der Waals surface area contributed by atoms with Gasteiger partial charge in [0, 0.05) is 18.7 Å². The maximum Gasteiger partial charge on any atom is 0.349 e. The van der Waals surface area contributed by atoms with E-state index in [1.165, 1.54) is 10.6 Å². The summed E-state index contributed by atoms with van der Waals surface area (Å²) in [6.45, 7) is 1.59. The van der Waals surface area contributed by atoms with E-state index in [1.54, 1.807) is 7.11 Å². The third-order valence-electron chi connectivity index (χ3n) is 4.77. The van der Waals surface area contributed by atoms with Gasteiger partial charge in [-0.05, 0) is 44.3 Å². The van der Waals surface area contributed by atoms with Crippen molar-refractivity contribution in [3.05, 3.63) is 65.7 Å². The summed E-state index contributed by atoms with van der Waals surface area (Å²) in [5.41, 5.74) is 3.23. The van der Waals surface area contributed by atoms with Crippen molar-refractivity contribution < 1.29 is 9.63 Å². The minimum absolute atomic E-state index is 0.106. The van der Waals surface area contributed by atoms with Crippen molar-refractivity contribution in [2.75, 3.05) is 39.2 Å². The summed E-state index contributed by atoms with van der Waals surface area (Å²) in [6.07, 6.45) is 1.63. The first-order valence-electron chi connectivity index (χ1n) is 9.04. The predicted molar refractivity (Wildman–Crippen MR) is 104 cm³/mol. The van der Waals surface area contributed by atoms with Crippen LogP contribution >= 0.6 is 0 Å². The molecule has 3 rings (SSSR count). The van der Waals surface area contributed by atoms with Crippen molar-refractivity contribution >= 4 is 11.7 Å². The summed E-state index contributed by atoms with van der Waals surface area (Å²) in [5, 5.41) is 1.52. The molecular formula is C21H27N3O2. The first-order chi connectivity index (χ1) is 12.6. The molecule has 1 atom stereocenters. The van der Waals surface area contributed by atoms with Gasteiger partial charge in [0.15, 0.2) is 0 Å². The summed E-state index contributed by atoms with van der Waals surface area (Å²) in [5.74, 6) is 0. The van der Waals surface area contributed by atoms with E-state index in [9.17, 15) is 4.79 Å². The van der Waals surface area contributed by atoms with Crippen molar-refractivity contribution in [2.45, 2.75) is 18.9 Å². The number of nitrogens with zero attached hydrogens (tertiary/aromatic N) is 3. The van der Waals surface area contributed by atoms with Crippen LogP contribution in [0.2, 0.25) is 0 Å². The number of carbonyl (C=O) groups excluding carboxylic acids is 1. The molecule has 2 amide bonds. The average Bonchev–Trinajstić information content (AvgIpc) is 2.77. The third kappa shape index (κ3) is 3.89. The molecule has 0 aromatic heterocycles. The van der Waals surface area contributed by atoms with Crippen LogP contribution in [0.5, 0.6) is 0 Å². The van der Waals surface area contributed by atoms with E-state index < -0.39 is 0 Å². The third-order valence-corrected chi connectivity index (χ3v) is 4.77. The summed E-state index contributed by atoms with van der Waals surface area (Å²) in [4.78, 5) is 22.9. The van der Waals surface area contributed by atoms with Crippen LogP contribution in [-0.2, 0) is 11.3 Å². The van der Waals surface area contributed by atoms with E-state index in [0.29, 0.717) is 6.54 Å². The van der Waals surface area contributed by atoms with E-state index >= 15 is 0 Å². The molecule has 138 valence electrons. The van der Waals surface area contributed by atoms with Crippen LogP contribution < -0.4 is 4.90 Å². The molecule has 5 nitrogen and oxygen atoms in total. The van der Waals surface area contributed by atoms with Crippen LogP contribution in [0.4, 0.5) is 10.5 Å². The number of carbonyl (C=O) groups is 1. The van der Waals surface area contributed by atoms with Crippen LogP contribution in [0.1, 0.15) is 23.6 Å². The number of fused-ring (bicyclic) bond motifs is 1. The molecule has 0 radical (unpaired) electrons. The Hall–Kier alpha value is -2.37. The van der Waals surface area contributed by atoms with Gasteiger partial charge >= 0.3 is 6.03 Å². The van der Waals surface area contributed by atoms with Crippen LogP contribution in [0, 0.1) is 0 Å². The number of hydrogen-bond donors (Lipinski definition) is 0. The molecule has 26 heavy (non-hydrogen) atoms. The topological polar surface area (TPSA) is 36.0 Å². The van der Waals surface area contributed by atoms with Gasteiger partial charge in [-0.2, -0.15) is 5.06 Å². The standard InChI is InChI=1S/C21H27N3O2/c1-22(2)14-9-15-23-19-13-8-7-12-18(19)16-20(24(26-3)21(23)25)17-10-5-4-6-11-17/h4-8,10-13,20H,9,14-16H2,1-3H3. The molecule has 0 saturated carbocycles. The average molecular weight is 353 g/mol. The molecule has 2 aromatic rings. The Morgan fingerprint density at radius 2 is 1.77 bits per heavy atom. The number of para-hydroxylation sites is 1. The molecule has 0 bridgehead atoms. The van der Waals surface area contributed by atoms with E-state index in [1.807, 2.05) is 67.5 Å². The zero-order valence-corrected chi connectivity index (χ0v) is 15.8. The fourth-order valence-corrected chi connectivity index (χ4v) is 3.49. The highest BCUT2D eigenvalue weighted by Crippen LogP contribution is 2.35. The van der Waals surface area contributed by atoms with Gasteiger partial charge in [0.2, 0.25) is 0 Å². The Morgan fingerprint density at radius 3 is 2.46 bits per heavy atom. The molecule has 1 aliphatic heterocycles. The van der Waals surface area contributed by atoms with Gasteiger partial charge in [-0.1, -0.05) is 48.5 Å². The van der Waals surface area contributed by atoms with Gasteiger partial charge < -0.3 is 4.90 Å². The first-order valence-corrected chi connectivity index (χ1v) is 9.04. The molecule has 0 spiro atoms. The number of urea groups is 1. The van der Waals surface area contributed by atoms with Crippen LogP contribution in [0.25, 0.3) is 0 Å². The minimum atomic E-state index is -0.145. The number of anilines is 1. The normalized spacial score (nSPS) is 17.4. The monoisotopic (exact) mass is 353 g/mol. The highest BCUT2D eigenvalue weighted by molar-refractivity contribution is 5.93. The molecule has 0 N–H and O–H groups in total. The molecule has 5 heteroatoms. The van der Waals surface area contributed by atoms with Gasteiger partial charge in [-0.3, -0.25) is 9.74 Å². The van der Waals surface area contributed by atoms with Crippen molar-refractivity contribution in [1.29, 1.82) is 0 Å². The van der Waals surface area contributed by atoms with E-state index in [-0.39, 0.29) is 12.1 Å². The summed E-state index contributed by atoms with van der Waals surface area (Å²) < 4.78 is 0. The Balaban J connectivity index is 1.97. The van der Waals surface area contributed by atoms with Crippen LogP contribution in [0.15, 0.2) is 54.6 Å². The lowest BCUT2D eigenvalue weighted by atomic mass is 9.98. The zero-order chi connectivity index (χ0) is 18.5. The number of hydroxylamine groups is 2. The minimum Gasteiger partial charge on any atom is -0.309 e. The number of rotatable bonds is 6. The second-order valence-electron chi connectivity index (χ2n) is 6.86. The number of amides is 2. The summed E-state index contributed by atoms with van der Waals surface area (Å²) in [7, 11) is 5.66. The Kier molecular flexibility index (Phi) is 5.91. The second-order valence-corrected chi connectivity index (χ2v) is 6.86.